The van der Waals surface area contributed by atoms with E-state index in [1.54, 1.807) is 0 Å². The van der Waals surface area contributed by atoms with Gasteiger partial charge in [0, 0.05) is 25.7 Å². The third-order valence-corrected chi connectivity index (χ3v) is 2.88. The predicted octanol–water partition coefficient (Wildman–Crippen LogP) is 2.10. The lowest BCUT2D eigenvalue weighted by atomic mass is 9.92. The number of hydrogen-bond donors (Lipinski definition) is 2. The van der Waals surface area contributed by atoms with Crippen molar-refractivity contribution >= 4 is 0 Å². The van der Waals surface area contributed by atoms with Crippen LogP contribution in [0.5, 0.6) is 0 Å². The molecule has 2 N–H and O–H groups in total. The number of aliphatic hydroxyl groups excluding tert-OH is 1. The summed E-state index contributed by atoms with van der Waals surface area (Å²) in [6.07, 6.45) is 2.43. The molecule has 0 rings (SSSR count). The summed E-state index contributed by atoms with van der Waals surface area (Å²) in [5.41, 5.74) is 0.257. The minimum atomic E-state index is 0.257. The number of nitrogens with zero attached hydrogens (tertiary/aromatic N) is 1. The second-order valence-corrected chi connectivity index (χ2v) is 6.05. The Morgan fingerprint density at radius 2 is 1.88 bits per heavy atom. The lowest BCUT2D eigenvalue weighted by Gasteiger charge is -2.33. The first kappa shape index (κ1) is 16.9. The van der Waals surface area contributed by atoms with Crippen molar-refractivity contribution in [2.24, 2.45) is 5.41 Å². The van der Waals surface area contributed by atoms with Gasteiger partial charge in [0.25, 0.3) is 0 Å². The van der Waals surface area contributed by atoms with Gasteiger partial charge < -0.3 is 15.3 Å². The Morgan fingerprint density at radius 3 is 2.35 bits per heavy atom. The van der Waals surface area contributed by atoms with Crippen LogP contribution >= 0.6 is 0 Å². The quantitative estimate of drug-likeness (QED) is 0.618. The lowest BCUT2D eigenvalue weighted by molar-refractivity contribution is 0.139. The summed E-state index contributed by atoms with van der Waals surface area (Å²) in [5.74, 6) is 0. The van der Waals surface area contributed by atoms with Crippen LogP contribution in [0.3, 0.4) is 0 Å². The van der Waals surface area contributed by atoms with Gasteiger partial charge in [-0.1, -0.05) is 41.0 Å². The van der Waals surface area contributed by atoms with Gasteiger partial charge in [0.1, 0.15) is 0 Å². The zero-order valence-electron chi connectivity index (χ0n) is 12.4. The smallest absolute Gasteiger partial charge is 0.0558 e. The van der Waals surface area contributed by atoms with Crippen molar-refractivity contribution < 1.29 is 5.11 Å². The highest BCUT2D eigenvalue weighted by molar-refractivity contribution is 4.77. The number of hydrogen-bond acceptors (Lipinski definition) is 3. The first-order valence-corrected chi connectivity index (χ1v) is 6.98. The van der Waals surface area contributed by atoms with Crippen LogP contribution in [0.15, 0.2) is 0 Å². The van der Waals surface area contributed by atoms with Crippen LogP contribution in [-0.4, -0.2) is 48.8 Å². The van der Waals surface area contributed by atoms with E-state index >= 15 is 0 Å². The molecule has 3 heteroatoms. The molecule has 0 saturated heterocycles. The van der Waals surface area contributed by atoms with Crippen LogP contribution in [0.25, 0.3) is 0 Å². The normalized spacial score (nSPS) is 12.7. The topological polar surface area (TPSA) is 35.5 Å². The molecule has 0 heterocycles. The van der Waals surface area contributed by atoms with Crippen LogP contribution in [0.1, 0.15) is 47.5 Å². The predicted molar refractivity (Wildman–Crippen MR) is 75.4 cm³/mol. The molecule has 17 heavy (non-hydrogen) atoms. The summed E-state index contributed by atoms with van der Waals surface area (Å²) < 4.78 is 0. The van der Waals surface area contributed by atoms with Gasteiger partial charge in [-0.05, 0) is 18.4 Å². The number of rotatable bonds is 10. The SMILES string of the molecule is CCCCN(CCO)CC(C)(C)CNC(C)C. The largest absolute Gasteiger partial charge is 0.395 e. The van der Waals surface area contributed by atoms with E-state index in [4.69, 9.17) is 5.11 Å². The Hall–Kier alpha value is -0.120. The highest BCUT2D eigenvalue weighted by atomic mass is 16.3. The maximum Gasteiger partial charge on any atom is 0.0558 e. The highest BCUT2D eigenvalue weighted by Gasteiger charge is 2.21. The molecule has 0 aliphatic rings. The van der Waals surface area contributed by atoms with Crippen molar-refractivity contribution in [2.45, 2.75) is 53.5 Å². The molecule has 0 aliphatic heterocycles. The molecule has 0 radical (unpaired) electrons. The fourth-order valence-corrected chi connectivity index (χ4v) is 1.93. The highest BCUT2D eigenvalue weighted by Crippen LogP contribution is 2.16. The van der Waals surface area contributed by atoms with Crippen molar-refractivity contribution in [3.8, 4) is 0 Å². The molecule has 0 aromatic rings. The average molecular weight is 244 g/mol. The molecule has 0 saturated carbocycles. The van der Waals surface area contributed by atoms with Gasteiger partial charge in [0.2, 0.25) is 0 Å². The van der Waals surface area contributed by atoms with Crippen LogP contribution in [0, 0.1) is 5.41 Å². The summed E-state index contributed by atoms with van der Waals surface area (Å²) in [6, 6.07) is 0.538. The molecule has 104 valence electrons. The van der Waals surface area contributed by atoms with E-state index in [0.29, 0.717) is 6.04 Å². The van der Waals surface area contributed by atoms with Gasteiger partial charge in [-0.25, -0.2) is 0 Å². The number of unbranched alkanes of at least 4 members (excludes halogenated alkanes) is 1. The van der Waals surface area contributed by atoms with E-state index in [9.17, 15) is 0 Å². The third kappa shape index (κ3) is 9.57. The molecule has 0 unspecified atom stereocenters. The Bertz CT molecular complexity index is 181. The molecule has 0 amide bonds. The zero-order chi connectivity index (χ0) is 13.3. The first-order chi connectivity index (χ1) is 7.91. The Kier molecular flexibility index (Phi) is 8.83. The van der Waals surface area contributed by atoms with Crippen molar-refractivity contribution in [1.82, 2.24) is 10.2 Å². The van der Waals surface area contributed by atoms with Gasteiger partial charge in [-0.15, -0.1) is 0 Å². The molecule has 0 fully saturated rings. The van der Waals surface area contributed by atoms with Gasteiger partial charge in [-0.2, -0.15) is 0 Å². The molecule has 0 aromatic carbocycles. The van der Waals surface area contributed by atoms with E-state index < -0.39 is 0 Å². The second kappa shape index (κ2) is 8.90. The van der Waals surface area contributed by atoms with E-state index in [0.717, 1.165) is 26.2 Å². The Morgan fingerprint density at radius 1 is 1.24 bits per heavy atom. The summed E-state index contributed by atoms with van der Waals surface area (Å²) in [7, 11) is 0. The molecule has 0 bridgehead atoms. The molecule has 3 nitrogen and oxygen atoms in total. The van der Waals surface area contributed by atoms with Crippen LogP contribution < -0.4 is 5.32 Å². The van der Waals surface area contributed by atoms with Crippen LogP contribution in [0.4, 0.5) is 0 Å². The maximum atomic E-state index is 9.09. The Balaban J connectivity index is 4.10. The standard InChI is InChI=1S/C14H32N2O/c1-6-7-8-16(9-10-17)12-14(4,5)11-15-13(2)3/h13,15,17H,6-12H2,1-5H3. The fraction of sp³-hybridized carbons (Fsp3) is 1.00. The first-order valence-electron chi connectivity index (χ1n) is 6.98. The summed E-state index contributed by atoms with van der Waals surface area (Å²) in [5, 5.41) is 12.6. The van der Waals surface area contributed by atoms with Gasteiger partial charge in [-0.3, -0.25) is 0 Å². The van der Waals surface area contributed by atoms with Crippen molar-refractivity contribution in [2.75, 3.05) is 32.8 Å². The minimum Gasteiger partial charge on any atom is -0.395 e. The average Bonchev–Trinajstić information content (AvgIpc) is 2.23. The van der Waals surface area contributed by atoms with Gasteiger partial charge in [0.15, 0.2) is 0 Å². The Labute approximate surface area is 108 Å². The third-order valence-electron chi connectivity index (χ3n) is 2.88. The second-order valence-electron chi connectivity index (χ2n) is 6.05. The summed E-state index contributed by atoms with van der Waals surface area (Å²) in [6.45, 7) is 15.4. The van der Waals surface area contributed by atoms with E-state index in [1.807, 2.05) is 0 Å². The molecule has 0 aliphatic carbocycles. The van der Waals surface area contributed by atoms with Crippen LogP contribution in [-0.2, 0) is 0 Å². The summed E-state index contributed by atoms with van der Waals surface area (Å²) >= 11 is 0. The maximum absolute atomic E-state index is 9.09. The van der Waals surface area contributed by atoms with Gasteiger partial charge >= 0.3 is 0 Å². The lowest BCUT2D eigenvalue weighted by Crippen LogP contribution is -2.43. The fourth-order valence-electron chi connectivity index (χ4n) is 1.93. The van der Waals surface area contributed by atoms with E-state index in [-0.39, 0.29) is 12.0 Å². The van der Waals surface area contributed by atoms with Crippen molar-refractivity contribution in [3.05, 3.63) is 0 Å². The number of nitrogens with one attached hydrogen (secondary N) is 1. The molecular weight excluding hydrogens is 212 g/mol. The van der Waals surface area contributed by atoms with E-state index in [2.05, 4.69) is 44.8 Å². The molecule has 0 atom stereocenters. The van der Waals surface area contributed by atoms with E-state index in [1.165, 1.54) is 12.8 Å². The monoisotopic (exact) mass is 244 g/mol. The van der Waals surface area contributed by atoms with Crippen molar-refractivity contribution in [1.29, 1.82) is 0 Å². The zero-order valence-corrected chi connectivity index (χ0v) is 12.4. The van der Waals surface area contributed by atoms with Crippen LogP contribution in [0.2, 0.25) is 0 Å². The molecular formula is C14H32N2O. The van der Waals surface area contributed by atoms with Gasteiger partial charge in [0.05, 0.1) is 6.61 Å². The van der Waals surface area contributed by atoms with Crippen molar-refractivity contribution in [3.63, 3.8) is 0 Å². The minimum absolute atomic E-state index is 0.257. The molecule has 0 aromatic heterocycles. The molecule has 0 spiro atoms. The summed E-state index contributed by atoms with van der Waals surface area (Å²) in [4.78, 5) is 2.38. The number of aliphatic hydroxyl groups is 1.